The van der Waals surface area contributed by atoms with Crippen LogP contribution >= 0.6 is 0 Å². The van der Waals surface area contributed by atoms with Crippen LogP contribution in [0, 0.1) is 0 Å². The Morgan fingerprint density at radius 3 is 1.77 bits per heavy atom. The number of benzene rings is 2. The van der Waals surface area contributed by atoms with Crippen molar-refractivity contribution < 1.29 is 99.4 Å². The molecule has 0 aliphatic heterocycles. The second-order valence-electron chi connectivity index (χ2n) is 5.66. The van der Waals surface area contributed by atoms with Gasteiger partial charge in [0.05, 0.1) is 9.79 Å². The van der Waals surface area contributed by atoms with Crippen molar-refractivity contribution in [1.29, 1.82) is 0 Å². The molecule has 0 spiro atoms. The first kappa shape index (κ1) is 29.4. The molecule has 0 aromatic heterocycles. The molecule has 13 heteroatoms. The number of esters is 1. The summed E-state index contributed by atoms with van der Waals surface area (Å²) in [5, 5.41) is 0. The Bertz CT molecular complexity index is 1170. The fourth-order valence-corrected chi connectivity index (χ4v) is 3.74. The number of carbonyl (C=O) groups is 2. The van der Waals surface area contributed by atoms with Gasteiger partial charge in [-0.3, -0.25) is 9.59 Å². The average molecular weight is 472 g/mol. The van der Waals surface area contributed by atoms with Crippen molar-refractivity contribution in [2.75, 3.05) is 0 Å². The van der Waals surface area contributed by atoms with E-state index < -0.39 is 47.5 Å². The normalized spacial score (nSPS) is 11.1. The molecule has 0 unspecified atom stereocenters. The van der Waals surface area contributed by atoms with Crippen molar-refractivity contribution >= 4 is 32.0 Å². The average Bonchev–Trinajstić information content (AvgIpc) is 2.59. The summed E-state index contributed by atoms with van der Waals surface area (Å²) in [6.45, 7) is 2.56. The van der Waals surface area contributed by atoms with Gasteiger partial charge in [0.15, 0.2) is 5.78 Å². The SMILES string of the molecule is CCC(=O)Oc1ccc(-c2ccc(C(C)=O)c(S(=O)(=O)[O-])c2)cc1S(=O)(=O)[O-].[Na+].[Na+]. The molecule has 0 aliphatic rings. The van der Waals surface area contributed by atoms with E-state index in [1.165, 1.54) is 19.1 Å². The van der Waals surface area contributed by atoms with Crippen molar-refractivity contribution in [3.63, 3.8) is 0 Å². The molecule has 0 saturated heterocycles. The van der Waals surface area contributed by atoms with Gasteiger partial charge < -0.3 is 13.8 Å². The zero-order valence-electron chi connectivity index (χ0n) is 16.7. The van der Waals surface area contributed by atoms with Crippen LogP contribution in [0.5, 0.6) is 5.75 Å². The van der Waals surface area contributed by atoms with Crippen LogP contribution < -0.4 is 63.9 Å². The van der Waals surface area contributed by atoms with Crippen molar-refractivity contribution in [3.05, 3.63) is 42.0 Å². The van der Waals surface area contributed by atoms with Crippen LogP contribution in [-0.4, -0.2) is 37.7 Å². The van der Waals surface area contributed by atoms with Crippen LogP contribution in [0.3, 0.4) is 0 Å². The van der Waals surface area contributed by atoms with Gasteiger partial charge in [0, 0.05) is 12.0 Å². The number of rotatable bonds is 6. The number of ketones is 1. The molecule has 0 amide bonds. The number of Topliss-reactive ketones (excluding diaryl/α,β-unsaturated/α-hetero) is 1. The molecular formula is C17H14Na2O9S2. The number of carbonyl (C=O) groups excluding carboxylic acids is 2. The Balaban J connectivity index is 0.00000420. The third kappa shape index (κ3) is 7.23. The van der Waals surface area contributed by atoms with Gasteiger partial charge in [-0.25, -0.2) is 16.8 Å². The van der Waals surface area contributed by atoms with E-state index in [1.807, 2.05) is 0 Å². The summed E-state index contributed by atoms with van der Waals surface area (Å²) >= 11 is 0. The van der Waals surface area contributed by atoms with Gasteiger partial charge in [-0.2, -0.15) is 0 Å². The van der Waals surface area contributed by atoms with Crippen LogP contribution in [0.15, 0.2) is 46.2 Å². The summed E-state index contributed by atoms with van der Waals surface area (Å²) in [5.74, 6) is -1.88. The van der Waals surface area contributed by atoms with Gasteiger partial charge in [0.25, 0.3) is 0 Å². The molecule has 0 fully saturated rings. The molecule has 0 saturated carbocycles. The predicted molar refractivity (Wildman–Crippen MR) is 93.7 cm³/mol. The quantitative estimate of drug-likeness (QED) is 0.133. The van der Waals surface area contributed by atoms with Crippen molar-refractivity contribution in [2.24, 2.45) is 0 Å². The minimum Gasteiger partial charge on any atom is -0.744 e. The Labute approximate surface area is 218 Å². The second-order valence-corrected chi connectivity index (χ2v) is 8.36. The maximum Gasteiger partial charge on any atom is 1.00 e. The molecule has 2 rings (SSSR count). The number of hydrogen-bond donors (Lipinski definition) is 0. The van der Waals surface area contributed by atoms with E-state index in [-0.39, 0.29) is 82.2 Å². The molecule has 0 bridgehead atoms. The number of hydrogen-bond acceptors (Lipinski definition) is 9. The monoisotopic (exact) mass is 472 g/mol. The van der Waals surface area contributed by atoms with E-state index in [2.05, 4.69) is 0 Å². The topological polar surface area (TPSA) is 158 Å². The van der Waals surface area contributed by atoms with E-state index in [0.29, 0.717) is 0 Å². The Kier molecular flexibility index (Phi) is 11.1. The van der Waals surface area contributed by atoms with Gasteiger partial charge in [-0.15, -0.1) is 0 Å². The predicted octanol–water partition coefficient (Wildman–Crippen LogP) is -4.31. The Morgan fingerprint density at radius 2 is 1.33 bits per heavy atom. The van der Waals surface area contributed by atoms with Crippen LogP contribution in [0.25, 0.3) is 11.1 Å². The summed E-state index contributed by atoms with van der Waals surface area (Å²) in [5.41, 5.74) is -0.188. The van der Waals surface area contributed by atoms with Crippen molar-refractivity contribution in [2.45, 2.75) is 30.1 Å². The fourth-order valence-electron chi connectivity index (χ4n) is 2.36. The first-order valence-electron chi connectivity index (χ1n) is 7.76. The van der Waals surface area contributed by atoms with Gasteiger partial charge in [0.2, 0.25) is 0 Å². The first-order valence-corrected chi connectivity index (χ1v) is 10.6. The van der Waals surface area contributed by atoms with E-state index in [1.54, 1.807) is 0 Å². The second kappa shape index (κ2) is 11.3. The summed E-state index contributed by atoms with van der Waals surface area (Å²) in [7, 11) is -10.0. The Morgan fingerprint density at radius 1 is 0.867 bits per heavy atom. The summed E-state index contributed by atoms with van der Waals surface area (Å²) in [6.07, 6.45) is -0.0582. The Hall–Kier alpha value is -0.600. The number of ether oxygens (including phenoxy) is 1. The largest absolute Gasteiger partial charge is 1.00 e. The third-order valence-corrected chi connectivity index (χ3v) is 5.42. The molecule has 0 N–H and O–H groups in total. The van der Waals surface area contributed by atoms with Crippen molar-refractivity contribution in [3.8, 4) is 16.9 Å². The zero-order valence-corrected chi connectivity index (χ0v) is 22.3. The van der Waals surface area contributed by atoms with Gasteiger partial charge in [0.1, 0.15) is 26.0 Å². The molecule has 0 atom stereocenters. The first-order chi connectivity index (χ1) is 12.8. The summed E-state index contributed by atoms with van der Waals surface area (Å²) in [6, 6.07) is 6.55. The fraction of sp³-hybridized carbons (Fsp3) is 0.176. The smallest absolute Gasteiger partial charge is 0.744 e. The maximum atomic E-state index is 11.5. The summed E-state index contributed by atoms with van der Waals surface area (Å²) in [4.78, 5) is 21.4. The van der Waals surface area contributed by atoms with Crippen LogP contribution in [-0.2, 0) is 25.0 Å². The molecule has 0 aliphatic carbocycles. The minimum atomic E-state index is -5.04. The standard InChI is InChI=1S/C17H16O9S2.2Na/c1-3-17(19)26-14-7-5-12(9-16(14)28(23,24)25)11-4-6-13(10(2)18)15(8-11)27(20,21)22;;/h4-9H,3H2,1-2H3,(H,20,21,22)(H,23,24,25);;/q;2*+1/p-2. The van der Waals surface area contributed by atoms with Crippen LogP contribution in [0.2, 0.25) is 0 Å². The van der Waals surface area contributed by atoms with E-state index in [0.717, 1.165) is 31.2 Å². The van der Waals surface area contributed by atoms with Crippen molar-refractivity contribution in [1.82, 2.24) is 0 Å². The minimum absolute atomic E-state index is 0. The summed E-state index contributed by atoms with van der Waals surface area (Å²) < 4.78 is 73.8. The molecule has 9 nitrogen and oxygen atoms in total. The molecule has 0 radical (unpaired) electrons. The van der Waals surface area contributed by atoms with E-state index >= 15 is 0 Å². The molecule has 30 heavy (non-hydrogen) atoms. The van der Waals surface area contributed by atoms with Gasteiger partial charge in [-0.1, -0.05) is 19.1 Å². The molecular weight excluding hydrogens is 458 g/mol. The zero-order chi connectivity index (χ0) is 21.3. The molecule has 150 valence electrons. The van der Waals surface area contributed by atoms with Gasteiger partial charge in [-0.05, 0) is 42.3 Å². The van der Waals surface area contributed by atoms with Crippen LogP contribution in [0.1, 0.15) is 30.6 Å². The maximum absolute atomic E-state index is 11.5. The molecule has 2 aromatic carbocycles. The van der Waals surface area contributed by atoms with E-state index in [9.17, 15) is 35.5 Å². The molecule has 0 heterocycles. The van der Waals surface area contributed by atoms with Gasteiger partial charge >= 0.3 is 65.1 Å². The molecule has 2 aromatic rings. The van der Waals surface area contributed by atoms with E-state index in [4.69, 9.17) is 4.74 Å². The third-order valence-electron chi connectivity index (χ3n) is 3.69. The van der Waals surface area contributed by atoms with Crippen LogP contribution in [0.4, 0.5) is 0 Å².